The van der Waals surface area contributed by atoms with Gasteiger partial charge in [0.15, 0.2) is 0 Å². The maximum Gasteiger partial charge on any atom is 0.126 e. The van der Waals surface area contributed by atoms with Crippen molar-refractivity contribution in [2.24, 2.45) is 0 Å². The molecule has 0 radical (unpaired) electrons. The Bertz CT molecular complexity index is 296. The van der Waals surface area contributed by atoms with Crippen molar-refractivity contribution in [1.82, 2.24) is 0 Å². The van der Waals surface area contributed by atoms with E-state index < -0.39 is 11.9 Å². The molecule has 1 atom stereocenters. The summed E-state index contributed by atoms with van der Waals surface area (Å²) >= 11 is 13.4. The molecule has 0 amide bonds. The van der Waals surface area contributed by atoms with Gasteiger partial charge in [0.25, 0.3) is 0 Å². The third-order valence-electron chi connectivity index (χ3n) is 1.52. The number of alkyl halides is 1. The molecule has 1 aromatic carbocycles. The van der Waals surface area contributed by atoms with Crippen LogP contribution in [-0.2, 0) is 0 Å². The van der Waals surface area contributed by atoms with Crippen molar-refractivity contribution < 1.29 is 9.50 Å². The normalized spacial score (nSPS) is 13.0. The summed E-state index contributed by atoms with van der Waals surface area (Å²) in [6, 6.07) is 2.27. The van der Waals surface area contributed by atoms with E-state index in [9.17, 15) is 9.50 Å². The van der Waals surface area contributed by atoms with E-state index in [0.29, 0.717) is 9.99 Å². The molecule has 0 saturated carbocycles. The lowest BCUT2D eigenvalue weighted by Crippen LogP contribution is -2.00. The molecule has 1 unspecified atom stereocenters. The molecule has 0 aliphatic heterocycles. The first-order valence-corrected chi connectivity index (χ1v) is 5.73. The number of rotatable bonds is 2. The second-order valence-corrected chi connectivity index (χ2v) is 4.15. The fourth-order valence-electron chi connectivity index (χ4n) is 0.949. The van der Waals surface area contributed by atoms with Gasteiger partial charge in [-0.2, -0.15) is 0 Å². The van der Waals surface area contributed by atoms with Crippen molar-refractivity contribution in [1.29, 1.82) is 0 Å². The van der Waals surface area contributed by atoms with E-state index in [1.54, 1.807) is 0 Å². The summed E-state index contributed by atoms with van der Waals surface area (Å²) in [5.74, 6) is -0.501. The molecule has 1 N–H and O–H groups in total. The van der Waals surface area contributed by atoms with Gasteiger partial charge in [0, 0.05) is 9.99 Å². The maximum atomic E-state index is 12.7. The number of aliphatic hydroxyl groups excluding tert-OH is 1. The SMILES string of the molecule is OC(CI)c1c(Cl)cc(F)cc1Cl. The highest BCUT2D eigenvalue weighted by Crippen LogP contribution is 2.32. The maximum absolute atomic E-state index is 12.7. The molecule has 13 heavy (non-hydrogen) atoms. The topological polar surface area (TPSA) is 20.2 Å². The van der Waals surface area contributed by atoms with Crippen molar-refractivity contribution in [3.05, 3.63) is 33.6 Å². The minimum absolute atomic E-state index is 0.161. The fourth-order valence-corrected chi connectivity index (χ4v) is 2.10. The predicted molar refractivity (Wildman–Crippen MR) is 60.3 cm³/mol. The van der Waals surface area contributed by atoms with Crippen molar-refractivity contribution in [2.45, 2.75) is 6.10 Å². The number of hydrogen-bond donors (Lipinski definition) is 1. The quantitative estimate of drug-likeness (QED) is 0.647. The number of hydrogen-bond acceptors (Lipinski definition) is 1. The molecule has 0 aromatic heterocycles. The Morgan fingerprint density at radius 3 is 2.23 bits per heavy atom. The van der Waals surface area contributed by atoms with E-state index in [0.717, 1.165) is 12.1 Å². The Labute approximate surface area is 99.0 Å². The van der Waals surface area contributed by atoms with Gasteiger partial charge in [0.1, 0.15) is 5.82 Å². The van der Waals surface area contributed by atoms with Crippen LogP contribution >= 0.6 is 45.8 Å². The fraction of sp³-hybridized carbons (Fsp3) is 0.250. The first-order valence-electron chi connectivity index (χ1n) is 3.44. The zero-order chi connectivity index (χ0) is 10.0. The Morgan fingerprint density at radius 1 is 1.38 bits per heavy atom. The van der Waals surface area contributed by atoms with Crippen LogP contribution in [0.25, 0.3) is 0 Å². The predicted octanol–water partition coefficient (Wildman–Crippen LogP) is 3.60. The average Bonchev–Trinajstić information content (AvgIpc) is 2.02. The molecule has 0 aliphatic rings. The van der Waals surface area contributed by atoms with Crippen LogP contribution in [-0.4, -0.2) is 9.53 Å². The zero-order valence-electron chi connectivity index (χ0n) is 6.40. The Morgan fingerprint density at radius 2 is 1.85 bits per heavy atom. The lowest BCUT2D eigenvalue weighted by Gasteiger charge is -2.11. The largest absolute Gasteiger partial charge is 0.388 e. The second kappa shape index (κ2) is 4.77. The highest BCUT2D eigenvalue weighted by atomic mass is 127. The number of benzene rings is 1. The monoisotopic (exact) mass is 334 g/mol. The Kier molecular flexibility index (Phi) is 4.22. The van der Waals surface area contributed by atoms with Gasteiger partial charge in [-0.15, -0.1) is 0 Å². The van der Waals surface area contributed by atoms with Gasteiger partial charge < -0.3 is 5.11 Å². The van der Waals surface area contributed by atoms with E-state index in [2.05, 4.69) is 0 Å². The molecule has 0 fully saturated rings. The van der Waals surface area contributed by atoms with Crippen LogP contribution in [0.5, 0.6) is 0 Å². The van der Waals surface area contributed by atoms with Gasteiger partial charge in [-0.25, -0.2) is 4.39 Å². The van der Waals surface area contributed by atoms with Crippen molar-refractivity contribution in [2.75, 3.05) is 4.43 Å². The molecular formula is C8H6Cl2FIO. The van der Waals surface area contributed by atoms with E-state index in [1.807, 2.05) is 22.6 Å². The molecule has 0 saturated heterocycles. The standard InChI is InChI=1S/C8H6Cl2FIO/c9-5-1-4(11)2-6(10)8(5)7(13)3-12/h1-2,7,13H,3H2. The summed E-state index contributed by atoms with van der Waals surface area (Å²) in [5.41, 5.74) is 0.388. The summed E-state index contributed by atoms with van der Waals surface area (Å²) in [4.78, 5) is 0. The molecule has 72 valence electrons. The molecule has 5 heteroatoms. The number of halogens is 4. The molecule has 0 bridgehead atoms. The summed E-state index contributed by atoms with van der Waals surface area (Å²) < 4.78 is 13.2. The minimum atomic E-state index is -0.749. The van der Waals surface area contributed by atoms with Crippen molar-refractivity contribution >= 4 is 45.8 Å². The third-order valence-corrected chi connectivity index (χ3v) is 2.98. The van der Waals surface area contributed by atoms with Gasteiger partial charge in [-0.05, 0) is 12.1 Å². The first kappa shape index (κ1) is 11.5. The second-order valence-electron chi connectivity index (χ2n) is 2.45. The number of aliphatic hydroxyl groups is 1. The van der Waals surface area contributed by atoms with E-state index in [-0.39, 0.29) is 10.0 Å². The van der Waals surface area contributed by atoms with Crippen LogP contribution in [0.2, 0.25) is 10.0 Å². The Balaban J connectivity index is 3.20. The van der Waals surface area contributed by atoms with Crippen LogP contribution in [0, 0.1) is 5.82 Å². The van der Waals surface area contributed by atoms with Gasteiger partial charge in [-0.1, -0.05) is 45.8 Å². The minimum Gasteiger partial charge on any atom is -0.388 e. The van der Waals surface area contributed by atoms with Crippen LogP contribution in [0.15, 0.2) is 12.1 Å². The van der Waals surface area contributed by atoms with Crippen molar-refractivity contribution in [3.63, 3.8) is 0 Å². The summed E-state index contributed by atoms with van der Waals surface area (Å²) in [5, 5.41) is 9.81. The summed E-state index contributed by atoms with van der Waals surface area (Å²) in [6.07, 6.45) is -0.749. The Hall–Kier alpha value is 0.420. The smallest absolute Gasteiger partial charge is 0.126 e. The van der Waals surface area contributed by atoms with Crippen molar-refractivity contribution in [3.8, 4) is 0 Å². The van der Waals surface area contributed by atoms with Gasteiger partial charge >= 0.3 is 0 Å². The lowest BCUT2D eigenvalue weighted by atomic mass is 10.1. The van der Waals surface area contributed by atoms with Gasteiger partial charge in [0.05, 0.1) is 16.1 Å². The molecular weight excluding hydrogens is 329 g/mol. The molecule has 0 spiro atoms. The summed E-state index contributed by atoms with van der Waals surface area (Å²) in [7, 11) is 0. The van der Waals surface area contributed by atoms with Crippen LogP contribution in [0.3, 0.4) is 0 Å². The molecule has 1 aromatic rings. The van der Waals surface area contributed by atoms with E-state index >= 15 is 0 Å². The molecule has 0 aliphatic carbocycles. The van der Waals surface area contributed by atoms with Crippen LogP contribution in [0.1, 0.15) is 11.7 Å². The molecule has 1 nitrogen and oxygen atoms in total. The van der Waals surface area contributed by atoms with Crippen LogP contribution < -0.4 is 0 Å². The van der Waals surface area contributed by atoms with Gasteiger partial charge in [-0.3, -0.25) is 0 Å². The van der Waals surface area contributed by atoms with E-state index in [4.69, 9.17) is 23.2 Å². The summed E-state index contributed by atoms with van der Waals surface area (Å²) in [6.45, 7) is 0. The molecule has 0 heterocycles. The zero-order valence-corrected chi connectivity index (χ0v) is 10.1. The molecule has 1 rings (SSSR count). The highest BCUT2D eigenvalue weighted by molar-refractivity contribution is 14.1. The lowest BCUT2D eigenvalue weighted by molar-refractivity contribution is 0.207. The third kappa shape index (κ3) is 2.68. The van der Waals surface area contributed by atoms with Crippen LogP contribution in [0.4, 0.5) is 4.39 Å². The first-order chi connectivity index (χ1) is 6.06. The van der Waals surface area contributed by atoms with Gasteiger partial charge in [0.2, 0.25) is 0 Å². The van der Waals surface area contributed by atoms with E-state index in [1.165, 1.54) is 0 Å². The average molecular weight is 335 g/mol. The highest BCUT2D eigenvalue weighted by Gasteiger charge is 2.15.